The molecule has 0 aliphatic rings. The van der Waals surface area contributed by atoms with Crippen molar-refractivity contribution in [1.29, 1.82) is 0 Å². The molecule has 0 unspecified atom stereocenters. The third kappa shape index (κ3) is 3.34. The smallest absolute Gasteiger partial charge is 0.166 e. The fraction of sp³-hybridized carbons (Fsp3) is 0.235. The Hall–Kier alpha value is -2.49. The lowest BCUT2D eigenvalue weighted by Gasteiger charge is -2.08. The molecule has 21 heavy (non-hydrogen) atoms. The largest absolute Gasteiger partial charge is 0.506 e. The maximum absolute atomic E-state index is 10.0. The van der Waals surface area contributed by atoms with Crippen LogP contribution in [0, 0.1) is 0 Å². The number of para-hydroxylation sites is 1. The molecule has 0 aliphatic heterocycles. The highest BCUT2D eigenvalue weighted by Gasteiger charge is 2.07. The van der Waals surface area contributed by atoms with Crippen molar-refractivity contribution in [2.45, 2.75) is 19.8 Å². The first-order valence-electron chi connectivity index (χ1n) is 6.76. The van der Waals surface area contributed by atoms with Crippen molar-refractivity contribution in [3.63, 3.8) is 0 Å². The fourth-order valence-corrected chi connectivity index (χ4v) is 1.95. The second-order valence-electron chi connectivity index (χ2n) is 5.06. The molecule has 0 saturated heterocycles. The summed E-state index contributed by atoms with van der Waals surface area (Å²) in [7, 11) is 1.49. The summed E-state index contributed by atoms with van der Waals surface area (Å²) in [6.45, 7) is 4.15. The van der Waals surface area contributed by atoms with Gasteiger partial charge in [0.1, 0.15) is 11.4 Å². The average molecular weight is 285 g/mol. The first kappa shape index (κ1) is 14.9. The van der Waals surface area contributed by atoms with Gasteiger partial charge in [-0.25, -0.2) is 0 Å². The van der Waals surface area contributed by atoms with Gasteiger partial charge < -0.3 is 14.9 Å². The van der Waals surface area contributed by atoms with Crippen molar-refractivity contribution in [2.75, 3.05) is 7.11 Å². The number of aromatic hydroxyl groups is 2. The van der Waals surface area contributed by atoms with E-state index in [1.165, 1.54) is 13.3 Å². The van der Waals surface area contributed by atoms with Crippen LogP contribution in [-0.4, -0.2) is 23.5 Å². The van der Waals surface area contributed by atoms with E-state index in [1.807, 2.05) is 12.1 Å². The molecule has 4 heteroatoms. The summed E-state index contributed by atoms with van der Waals surface area (Å²) in [5.41, 5.74) is 2.10. The molecule has 4 nitrogen and oxygen atoms in total. The molecular weight excluding hydrogens is 266 g/mol. The summed E-state index contributed by atoms with van der Waals surface area (Å²) in [6, 6.07) is 10.5. The number of ether oxygens (including phenoxy) is 1. The van der Waals surface area contributed by atoms with Crippen molar-refractivity contribution in [1.82, 2.24) is 0 Å². The molecule has 110 valence electrons. The Bertz CT molecular complexity index is 663. The topological polar surface area (TPSA) is 62.0 Å². The molecule has 0 fully saturated rings. The van der Waals surface area contributed by atoms with Gasteiger partial charge in [-0.15, -0.1) is 0 Å². The number of hydrogen-bond acceptors (Lipinski definition) is 4. The number of methoxy groups -OCH3 is 1. The van der Waals surface area contributed by atoms with Crippen molar-refractivity contribution < 1.29 is 14.9 Å². The highest BCUT2D eigenvalue weighted by molar-refractivity contribution is 5.87. The Kier molecular flexibility index (Phi) is 4.48. The van der Waals surface area contributed by atoms with Crippen LogP contribution in [0.5, 0.6) is 17.2 Å². The summed E-state index contributed by atoms with van der Waals surface area (Å²) in [5, 5.41) is 19.9. The zero-order chi connectivity index (χ0) is 15.4. The Balaban J connectivity index is 2.35. The number of phenols is 2. The lowest BCUT2D eigenvalue weighted by molar-refractivity contribution is 0.373. The molecule has 2 aromatic carbocycles. The van der Waals surface area contributed by atoms with Gasteiger partial charge in [-0.1, -0.05) is 26.0 Å². The average Bonchev–Trinajstić information content (AvgIpc) is 2.47. The predicted octanol–water partition coefficient (Wildman–Crippen LogP) is 3.98. The number of rotatable bonds is 4. The van der Waals surface area contributed by atoms with Gasteiger partial charge in [-0.2, -0.15) is 0 Å². The Morgan fingerprint density at radius 1 is 1.14 bits per heavy atom. The van der Waals surface area contributed by atoms with Gasteiger partial charge in [0, 0.05) is 11.8 Å². The van der Waals surface area contributed by atoms with E-state index in [1.54, 1.807) is 24.3 Å². The molecule has 0 atom stereocenters. The number of phenolic OH excluding ortho intramolecular Hbond substituents is 2. The van der Waals surface area contributed by atoms with Crippen LogP contribution in [-0.2, 0) is 0 Å². The zero-order valence-corrected chi connectivity index (χ0v) is 12.4. The van der Waals surface area contributed by atoms with Gasteiger partial charge in [0.2, 0.25) is 0 Å². The van der Waals surface area contributed by atoms with Crippen LogP contribution >= 0.6 is 0 Å². The monoisotopic (exact) mass is 285 g/mol. The molecule has 0 bridgehead atoms. The predicted molar refractivity (Wildman–Crippen MR) is 84.1 cm³/mol. The fourth-order valence-electron chi connectivity index (χ4n) is 1.95. The summed E-state index contributed by atoms with van der Waals surface area (Å²) in [6.07, 6.45) is 1.51. The van der Waals surface area contributed by atoms with Crippen molar-refractivity contribution in [2.24, 2.45) is 4.99 Å². The lowest BCUT2D eigenvalue weighted by atomic mass is 10.0. The van der Waals surface area contributed by atoms with E-state index < -0.39 is 0 Å². The highest BCUT2D eigenvalue weighted by atomic mass is 16.5. The minimum absolute atomic E-state index is 0.0308. The standard InChI is InChI=1S/C17H19NO3/c1-11(2)12-7-8-15(19)14(9-12)18-10-13-5-4-6-16(21-3)17(13)20/h4-11,19-20H,1-3H3. The van der Waals surface area contributed by atoms with Gasteiger partial charge >= 0.3 is 0 Å². The quantitative estimate of drug-likeness (QED) is 0.835. The van der Waals surface area contributed by atoms with Crippen molar-refractivity contribution in [3.8, 4) is 17.2 Å². The Morgan fingerprint density at radius 3 is 2.57 bits per heavy atom. The molecule has 0 aliphatic carbocycles. The molecule has 2 N–H and O–H groups in total. The molecule has 2 aromatic rings. The van der Waals surface area contributed by atoms with E-state index in [0.29, 0.717) is 22.9 Å². The third-order valence-electron chi connectivity index (χ3n) is 3.26. The first-order valence-corrected chi connectivity index (χ1v) is 6.76. The summed E-state index contributed by atoms with van der Waals surface area (Å²) < 4.78 is 5.05. The maximum Gasteiger partial charge on any atom is 0.166 e. The van der Waals surface area contributed by atoms with Gasteiger partial charge in [0.05, 0.1) is 7.11 Å². The van der Waals surface area contributed by atoms with Gasteiger partial charge in [-0.05, 0) is 35.7 Å². The SMILES string of the molecule is COc1cccc(C=Nc2cc(C(C)C)ccc2O)c1O. The van der Waals surface area contributed by atoms with Crippen LogP contribution in [0.2, 0.25) is 0 Å². The number of hydrogen-bond donors (Lipinski definition) is 2. The molecule has 2 rings (SSSR count). The minimum Gasteiger partial charge on any atom is -0.506 e. The number of benzene rings is 2. The normalized spacial score (nSPS) is 11.2. The lowest BCUT2D eigenvalue weighted by Crippen LogP contribution is -1.89. The number of nitrogens with zero attached hydrogens (tertiary/aromatic N) is 1. The van der Waals surface area contributed by atoms with Crippen molar-refractivity contribution in [3.05, 3.63) is 47.5 Å². The molecule has 0 aromatic heterocycles. The third-order valence-corrected chi connectivity index (χ3v) is 3.26. The van der Waals surface area contributed by atoms with E-state index in [2.05, 4.69) is 18.8 Å². The molecule has 0 amide bonds. The van der Waals surface area contributed by atoms with E-state index in [4.69, 9.17) is 4.74 Å². The van der Waals surface area contributed by atoms with Crippen LogP contribution in [0.15, 0.2) is 41.4 Å². The summed E-state index contributed by atoms with van der Waals surface area (Å²) >= 11 is 0. The van der Waals surface area contributed by atoms with Crippen LogP contribution in [0.4, 0.5) is 5.69 Å². The maximum atomic E-state index is 10.0. The molecule has 0 spiro atoms. The molecule has 0 heterocycles. The number of aliphatic imine (C=N–C) groups is 1. The van der Waals surface area contributed by atoms with Crippen LogP contribution in [0.3, 0.4) is 0 Å². The van der Waals surface area contributed by atoms with E-state index in [0.717, 1.165) is 5.56 Å². The van der Waals surface area contributed by atoms with Gasteiger partial charge in [0.25, 0.3) is 0 Å². The van der Waals surface area contributed by atoms with E-state index >= 15 is 0 Å². The van der Waals surface area contributed by atoms with Crippen molar-refractivity contribution >= 4 is 11.9 Å². The molecular formula is C17H19NO3. The van der Waals surface area contributed by atoms with E-state index in [-0.39, 0.29) is 11.5 Å². The first-order chi connectivity index (χ1) is 10.0. The summed E-state index contributed by atoms with van der Waals surface area (Å²) in [4.78, 5) is 4.26. The van der Waals surface area contributed by atoms with Crippen LogP contribution in [0.1, 0.15) is 30.9 Å². The second kappa shape index (κ2) is 6.31. The van der Waals surface area contributed by atoms with Gasteiger partial charge in [-0.3, -0.25) is 4.99 Å². The highest BCUT2D eigenvalue weighted by Crippen LogP contribution is 2.32. The van der Waals surface area contributed by atoms with Crippen LogP contribution < -0.4 is 4.74 Å². The molecule has 0 saturated carbocycles. The minimum atomic E-state index is 0.0308. The summed E-state index contributed by atoms with van der Waals surface area (Å²) in [5.74, 6) is 0.880. The van der Waals surface area contributed by atoms with E-state index in [9.17, 15) is 10.2 Å². The Labute approximate surface area is 124 Å². The van der Waals surface area contributed by atoms with Gasteiger partial charge in [0.15, 0.2) is 11.5 Å². The second-order valence-corrected chi connectivity index (χ2v) is 5.06. The van der Waals surface area contributed by atoms with Crippen LogP contribution in [0.25, 0.3) is 0 Å². The zero-order valence-electron chi connectivity index (χ0n) is 12.4. The Morgan fingerprint density at radius 2 is 1.90 bits per heavy atom. The molecule has 0 radical (unpaired) electrons.